The van der Waals surface area contributed by atoms with Gasteiger partial charge in [-0.05, 0) is 0 Å². The number of methoxy groups -OCH3 is 1. The summed E-state index contributed by atoms with van der Waals surface area (Å²) in [6.45, 7) is 2.38. The Bertz CT molecular complexity index is 43.6. The normalized spacial score (nSPS) is 7.44. The molecule has 0 aromatic heterocycles. The molecule has 1 N–H and O–H groups in total. The molecule has 0 radical (unpaired) electrons. The molecule has 0 saturated carbocycles. The first-order valence-corrected chi connectivity index (χ1v) is 2.86. The van der Waals surface area contributed by atoms with Crippen molar-refractivity contribution >= 4 is 6.29 Å². The van der Waals surface area contributed by atoms with E-state index >= 15 is 0 Å². The molecule has 0 spiro atoms. The number of carbonyl (C=O) groups is 1. The molecule has 0 aromatic carbocycles. The first-order chi connectivity index (χ1) is 4.33. The Morgan fingerprint density at radius 1 is 1.67 bits per heavy atom. The largest absolute Gasteiger partial charge is 0.394 e. The van der Waals surface area contributed by atoms with E-state index in [4.69, 9.17) is 5.11 Å². The second kappa shape index (κ2) is 15.6. The number of rotatable bonds is 3. The van der Waals surface area contributed by atoms with Crippen LogP contribution >= 0.6 is 0 Å². The van der Waals surface area contributed by atoms with Gasteiger partial charge in [0, 0.05) is 13.5 Å². The second-order valence-corrected chi connectivity index (χ2v) is 1.29. The predicted molar refractivity (Wildman–Crippen MR) is 35.3 cm³/mol. The summed E-state index contributed by atoms with van der Waals surface area (Å²) in [5.41, 5.74) is 0. The van der Waals surface area contributed by atoms with Gasteiger partial charge in [0.2, 0.25) is 0 Å². The Hall–Kier alpha value is -0.410. The molecule has 0 rings (SSSR count). The van der Waals surface area contributed by atoms with Crippen LogP contribution < -0.4 is 0 Å². The summed E-state index contributed by atoms with van der Waals surface area (Å²) in [5, 5.41) is 7.94. The Kier molecular flexibility index (Phi) is 19.8. The Morgan fingerprint density at radius 2 is 2.11 bits per heavy atom. The molecule has 0 amide bonds. The summed E-state index contributed by atoms with van der Waals surface area (Å²) in [4.78, 5) is 9.17. The minimum absolute atomic E-state index is 0.122. The van der Waals surface area contributed by atoms with E-state index in [-0.39, 0.29) is 6.61 Å². The van der Waals surface area contributed by atoms with Crippen molar-refractivity contribution in [3.63, 3.8) is 0 Å². The van der Waals surface area contributed by atoms with Crippen LogP contribution in [0.1, 0.15) is 13.3 Å². The third-order valence-corrected chi connectivity index (χ3v) is 0.462. The first kappa shape index (κ1) is 11.4. The van der Waals surface area contributed by atoms with Gasteiger partial charge in [0.1, 0.15) is 6.29 Å². The van der Waals surface area contributed by atoms with Gasteiger partial charge in [-0.25, -0.2) is 0 Å². The third-order valence-electron chi connectivity index (χ3n) is 0.462. The fourth-order valence-electron chi connectivity index (χ4n) is 0.0913. The summed E-state index contributed by atoms with van der Waals surface area (Å²) >= 11 is 0. The maximum Gasteiger partial charge on any atom is 0.119 e. The fraction of sp³-hybridized carbons (Fsp3) is 0.833. The summed E-state index contributed by atoms with van der Waals surface area (Å²) in [5.74, 6) is 0. The lowest BCUT2D eigenvalue weighted by atomic mass is 10.6. The van der Waals surface area contributed by atoms with Gasteiger partial charge in [-0.2, -0.15) is 0 Å². The Balaban J connectivity index is 0. The van der Waals surface area contributed by atoms with Crippen LogP contribution in [0.25, 0.3) is 0 Å². The van der Waals surface area contributed by atoms with Crippen molar-refractivity contribution in [2.75, 3.05) is 20.3 Å². The lowest BCUT2D eigenvalue weighted by molar-refractivity contribution is -0.107. The smallest absolute Gasteiger partial charge is 0.119 e. The van der Waals surface area contributed by atoms with Crippen LogP contribution in [0.15, 0.2) is 0 Å². The standard InChI is InChI=1S/C3H8O2.C3H6O/c1-5-3-2-4;1-2-3-4/h4H,2-3H2,1H3;3H,2H2,1H3. The van der Waals surface area contributed by atoms with Crippen molar-refractivity contribution in [2.24, 2.45) is 0 Å². The van der Waals surface area contributed by atoms with E-state index in [0.29, 0.717) is 13.0 Å². The third kappa shape index (κ3) is 35.4. The maximum atomic E-state index is 9.17. The number of aliphatic hydroxyl groups excluding tert-OH is 1. The number of aliphatic hydroxyl groups is 1. The molecule has 0 unspecified atom stereocenters. The monoisotopic (exact) mass is 134 g/mol. The SMILES string of the molecule is CCC=O.COCCO. The molecule has 3 nitrogen and oxygen atoms in total. The molecule has 9 heavy (non-hydrogen) atoms. The summed E-state index contributed by atoms with van der Waals surface area (Å²) < 4.78 is 4.44. The zero-order chi connectivity index (χ0) is 7.54. The molecule has 0 heterocycles. The molecule has 3 heteroatoms. The van der Waals surface area contributed by atoms with E-state index in [1.807, 2.05) is 6.92 Å². The molecule has 0 fully saturated rings. The highest BCUT2D eigenvalue weighted by Gasteiger charge is 1.67. The van der Waals surface area contributed by atoms with Gasteiger partial charge in [-0.15, -0.1) is 0 Å². The average molecular weight is 134 g/mol. The minimum atomic E-state index is 0.122. The lowest BCUT2D eigenvalue weighted by Gasteiger charge is -1.84. The van der Waals surface area contributed by atoms with Gasteiger partial charge in [0.25, 0.3) is 0 Å². The molecule has 0 atom stereocenters. The van der Waals surface area contributed by atoms with E-state index < -0.39 is 0 Å². The van der Waals surface area contributed by atoms with Gasteiger partial charge in [0.15, 0.2) is 0 Å². The van der Waals surface area contributed by atoms with Crippen LogP contribution in [0.3, 0.4) is 0 Å². The summed E-state index contributed by atoms with van der Waals surface area (Å²) in [6.07, 6.45) is 1.51. The van der Waals surface area contributed by atoms with Crippen molar-refractivity contribution in [3.05, 3.63) is 0 Å². The molecule has 0 aliphatic rings. The van der Waals surface area contributed by atoms with E-state index in [0.717, 1.165) is 6.29 Å². The van der Waals surface area contributed by atoms with Crippen molar-refractivity contribution in [2.45, 2.75) is 13.3 Å². The zero-order valence-corrected chi connectivity index (χ0v) is 5.96. The molecule has 0 aromatic rings. The van der Waals surface area contributed by atoms with Crippen molar-refractivity contribution < 1.29 is 14.6 Å². The highest BCUT2D eigenvalue weighted by Crippen LogP contribution is 1.56. The van der Waals surface area contributed by atoms with Crippen LogP contribution in [-0.4, -0.2) is 31.7 Å². The first-order valence-electron chi connectivity index (χ1n) is 2.86. The number of hydrogen-bond acceptors (Lipinski definition) is 3. The summed E-state index contributed by atoms with van der Waals surface area (Å²) in [7, 11) is 1.55. The average Bonchev–Trinajstić information content (AvgIpc) is 1.91. The van der Waals surface area contributed by atoms with E-state index in [9.17, 15) is 4.79 Å². The molecular formula is C6H14O3. The number of carbonyl (C=O) groups excluding carboxylic acids is 1. The highest BCUT2D eigenvalue weighted by atomic mass is 16.5. The fourth-order valence-corrected chi connectivity index (χ4v) is 0.0913. The topological polar surface area (TPSA) is 46.5 Å². The van der Waals surface area contributed by atoms with Crippen LogP contribution in [0.2, 0.25) is 0 Å². The van der Waals surface area contributed by atoms with Crippen molar-refractivity contribution in [1.82, 2.24) is 0 Å². The predicted octanol–water partition coefficient (Wildman–Crippen LogP) is 0.220. The van der Waals surface area contributed by atoms with Gasteiger partial charge < -0.3 is 14.6 Å². The van der Waals surface area contributed by atoms with Crippen LogP contribution in [0.5, 0.6) is 0 Å². The minimum Gasteiger partial charge on any atom is -0.394 e. The molecular weight excluding hydrogens is 120 g/mol. The van der Waals surface area contributed by atoms with Crippen LogP contribution in [-0.2, 0) is 9.53 Å². The van der Waals surface area contributed by atoms with Gasteiger partial charge in [-0.3, -0.25) is 0 Å². The Morgan fingerprint density at radius 3 is 2.11 bits per heavy atom. The molecule has 0 saturated heterocycles. The van der Waals surface area contributed by atoms with Gasteiger partial charge >= 0.3 is 0 Å². The quantitative estimate of drug-likeness (QED) is 0.562. The van der Waals surface area contributed by atoms with Crippen molar-refractivity contribution in [3.8, 4) is 0 Å². The zero-order valence-electron chi connectivity index (χ0n) is 5.96. The summed E-state index contributed by atoms with van der Waals surface area (Å²) in [6, 6.07) is 0. The number of aldehydes is 1. The highest BCUT2D eigenvalue weighted by molar-refractivity contribution is 5.48. The van der Waals surface area contributed by atoms with E-state index in [1.165, 1.54) is 0 Å². The number of ether oxygens (including phenoxy) is 1. The van der Waals surface area contributed by atoms with Gasteiger partial charge in [0.05, 0.1) is 13.2 Å². The van der Waals surface area contributed by atoms with E-state index in [2.05, 4.69) is 4.74 Å². The molecule has 56 valence electrons. The van der Waals surface area contributed by atoms with Crippen LogP contribution in [0.4, 0.5) is 0 Å². The maximum absolute atomic E-state index is 9.17. The molecule has 0 aliphatic carbocycles. The van der Waals surface area contributed by atoms with Crippen molar-refractivity contribution in [1.29, 1.82) is 0 Å². The Labute approximate surface area is 55.6 Å². The van der Waals surface area contributed by atoms with E-state index in [1.54, 1.807) is 7.11 Å². The lowest BCUT2D eigenvalue weighted by Crippen LogP contribution is -1.91. The van der Waals surface area contributed by atoms with Crippen LogP contribution in [0, 0.1) is 0 Å². The molecule has 0 aliphatic heterocycles. The molecule has 0 bridgehead atoms. The second-order valence-electron chi connectivity index (χ2n) is 1.29. The number of hydrogen-bond donors (Lipinski definition) is 1. The van der Waals surface area contributed by atoms with Gasteiger partial charge in [-0.1, -0.05) is 6.92 Å².